The number of rotatable bonds is 4. The van der Waals surface area contributed by atoms with Gasteiger partial charge in [0.25, 0.3) is 5.91 Å². The maximum Gasteiger partial charge on any atom is 0.260 e. The van der Waals surface area contributed by atoms with E-state index in [9.17, 15) is 4.79 Å². The molecule has 4 rings (SSSR count). The van der Waals surface area contributed by atoms with Crippen LogP contribution in [-0.2, 0) is 4.79 Å². The Balaban J connectivity index is 1.35. The first kappa shape index (κ1) is 17.8. The second kappa shape index (κ2) is 7.56. The Bertz CT molecular complexity index is 908. The molecule has 1 aliphatic heterocycles. The second-order valence-electron chi connectivity index (χ2n) is 6.87. The molecule has 5 nitrogen and oxygen atoms in total. The predicted octanol–water partition coefficient (Wildman–Crippen LogP) is 3.64. The van der Waals surface area contributed by atoms with Crippen molar-refractivity contribution in [1.82, 2.24) is 9.88 Å². The van der Waals surface area contributed by atoms with Crippen molar-refractivity contribution in [2.75, 3.05) is 37.7 Å². The molecule has 2 aromatic carbocycles. The Kier molecular flexibility index (Phi) is 4.99. The van der Waals surface area contributed by atoms with Crippen molar-refractivity contribution in [1.29, 1.82) is 0 Å². The second-order valence-corrected chi connectivity index (χ2v) is 7.88. The van der Waals surface area contributed by atoms with Gasteiger partial charge in [0.15, 0.2) is 11.7 Å². The molecule has 1 saturated heterocycles. The number of aryl methyl sites for hydroxylation is 2. The van der Waals surface area contributed by atoms with E-state index in [1.807, 2.05) is 35.2 Å². The van der Waals surface area contributed by atoms with Gasteiger partial charge in [-0.3, -0.25) is 4.79 Å². The molecule has 0 N–H and O–H groups in total. The van der Waals surface area contributed by atoms with Crippen molar-refractivity contribution in [3.63, 3.8) is 0 Å². The predicted molar refractivity (Wildman–Crippen MR) is 110 cm³/mol. The summed E-state index contributed by atoms with van der Waals surface area (Å²) in [5.41, 5.74) is 3.63. The largest absolute Gasteiger partial charge is 0.484 e. The van der Waals surface area contributed by atoms with Gasteiger partial charge < -0.3 is 14.5 Å². The summed E-state index contributed by atoms with van der Waals surface area (Å²) in [4.78, 5) is 21.4. The third-order valence-corrected chi connectivity index (χ3v) is 6.08. The van der Waals surface area contributed by atoms with E-state index < -0.39 is 0 Å². The van der Waals surface area contributed by atoms with Crippen LogP contribution in [0, 0.1) is 13.8 Å². The summed E-state index contributed by atoms with van der Waals surface area (Å²) < 4.78 is 6.80. The van der Waals surface area contributed by atoms with E-state index in [1.165, 1.54) is 15.8 Å². The first-order chi connectivity index (χ1) is 13.1. The van der Waals surface area contributed by atoms with Crippen LogP contribution in [0.3, 0.4) is 0 Å². The number of amides is 1. The number of para-hydroxylation sites is 1. The molecule has 3 aromatic rings. The lowest BCUT2D eigenvalue weighted by Crippen LogP contribution is -2.50. The Hall–Kier alpha value is -2.60. The molecular weight excluding hydrogens is 358 g/mol. The minimum atomic E-state index is 0.0362. The van der Waals surface area contributed by atoms with Crippen LogP contribution in [0.4, 0.5) is 5.13 Å². The monoisotopic (exact) mass is 381 g/mol. The molecule has 0 aliphatic carbocycles. The van der Waals surface area contributed by atoms with E-state index in [0.717, 1.165) is 29.5 Å². The van der Waals surface area contributed by atoms with Gasteiger partial charge >= 0.3 is 0 Å². The van der Waals surface area contributed by atoms with Crippen molar-refractivity contribution in [2.24, 2.45) is 0 Å². The van der Waals surface area contributed by atoms with Crippen molar-refractivity contribution in [3.8, 4) is 5.75 Å². The van der Waals surface area contributed by atoms with Gasteiger partial charge in [-0.25, -0.2) is 4.98 Å². The minimum absolute atomic E-state index is 0.0362. The molecule has 6 heteroatoms. The third-order valence-electron chi connectivity index (χ3n) is 5.00. The normalized spacial score (nSPS) is 14.6. The number of aromatic nitrogens is 1. The number of benzene rings is 2. The number of piperazine rings is 1. The zero-order valence-corrected chi connectivity index (χ0v) is 16.5. The van der Waals surface area contributed by atoms with E-state index >= 15 is 0 Å². The van der Waals surface area contributed by atoms with Crippen LogP contribution < -0.4 is 9.64 Å². The highest BCUT2D eigenvalue weighted by molar-refractivity contribution is 7.22. The Morgan fingerprint density at radius 1 is 1.07 bits per heavy atom. The van der Waals surface area contributed by atoms with Crippen LogP contribution in [0.2, 0.25) is 0 Å². The molecule has 1 amide bonds. The zero-order chi connectivity index (χ0) is 18.8. The van der Waals surface area contributed by atoms with Crippen LogP contribution in [0.1, 0.15) is 11.1 Å². The molecule has 0 atom stereocenters. The number of thiazole rings is 1. The maximum atomic E-state index is 12.4. The number of ether oxygens (including phenoxy) is 1. The third kappa shape index (κ3) is 3.90. The first-order valence-corrected chi connectivity index (χ1v) is 10.00. The summed E-state index contributed by atoms with van der Waals surface area (Å²) in [7, 11) is 0. The van der Waals surface area contributed by atoms with Gasteiger partial charge in [-0.15, -0.1) is 0 Å². The summed E-state index contributed by atoms with van der Waals surface area (Å²) in [6, 6.07) is 13.8. The van der Waals surface area contributed by atoms with E-state index in [2.05, 4.69) is 30.9 Å². The van der Waals surface area contributed by atoms with Crippen molar-refractivity contribution >= 4 is 32.6 Å². The zero-order valence-electron chi connectivity index (χ0n) is 15.6. The molecule has 1 aliphatic rings. The quantitative estimate of drug-likeness (QED) is 0.692. The van der Waals surface area contributed by atoms with E-state index in [0.29, 0.717) is 13.1 Å². The van der Waals surface area contributed by atoms with Crippen LogP contribution in [0.5, 0.6) is 5.75 Å². The Morgan fingerprint density at radius 2 is 1.78 bits per heavy atom. The Labute approximate surface area is 163 Å². The minimum Gasteiger partial charge on any atom is -0.484 e. The molecule has 140 valence electrons. The Morgan fingerprint density at radius 3 is 2.52 bits per heavy atom. The smallest absolute Gasteiger partial charge is 0.260 e. The van der Waals surface area contributed by atoms with E-state index in [-0.39, 0.29) is 12.5 Å². The molecule has 0 saturated carbocycles. The van der Waals surface area contributed by atoms with Gasteiger partial charge in [0, 0.05) is 26.2 Å². The fraction of sp³-hybridized carbons (Fsp3) is 0.333. The molecule has 0 radical (unpaired) electrons. The van der Waals surface area contributed by atoms with Crippen molar-refractivity contribution < 1.29 is 9.53 Å². The number of anilines is 1. The number of carbonyl (C=O) groups excluding carboxylic acids is 1. The number of hydrogen-bond acceptors (Lipinski definition) is 5. The van der Waals surface area contributed by atoms with Crippen molar-refractivity contribution in [2.45, 2.75) is 13.8 Å². The average Bonchev–Trinajstić information content (AvgIpc) is 3.10. The van der Waals surface area contributed by atoms with Crippen LogP contribution >= 0.6 is 11.3 Å². The van der Waals surface area contributed by atoms with Gasteiger partial charge in [0.05, 0.1) is 10.2 Å². The fourth-order valence-corrected chi connectivity index (χ4v) is 4.30. The summed E-state index contributed by atoms with van der Waals surface area (Å²) in [5.74, 6) is 0.763. The molecule has 0 unspecified atom stereocenters. The number of nitrogens with zero attached hydrogens (tertiary/aromatic N) is 3. The van der Waals surface area contributed by atoms with Gasteiger partial charge in [0.2, 0.25) is 0 Å². The maximum absolute atomic E-state index is 12.4. The average molecular weight is 382 g/mol. The van der Waals surface area contributed by atoms with Crippen LogP contribution in [-0.4, -0.2) is 48.6 Å². The van der Waals surface area contributed by atoms with Gasteiger partial charge in [0.1, 0.15) is 5.75 Å². The topological polar surface area (TPSA) is 45.7 Å². The summed E-state index contributed by atoms with van der Waals surface area (Å²) >= 11 is 1.73. The lowest BCUT2D eigenvalue weighted by Gasteiger charge is -2.34. The standard InChI is InChI=1S/C21H23N3O2S/c1-15-12-18-19(13-16(15)2)27-21(22-18)24-10-8-23(9-11-24)20(25)14-26-17-6-4-3-5-7-17/h3-7,12-13H,8-11,14H2,1-2H3. The fourth-order valence-electron chi connectivity index (χ4n) is 3.20. The molecule has 1 fully saturated rings. The number of carbonyl (C=O) groups is 1. The first-order valence-electron chi connectivity index (χ1n) is 9.18. The van der Waals surface area contributed by atoms with Gasteiger partial charge in [-0.1, -0.05) is 29.5 Å². The van der Waals surface area contributed by atoms with Crippen molar-refractivity contribution in [3.05, 3.63) is 53.6 Å². The number of hydrogen-bond donors (Lipinski definition) is 0. The molecule has 0 spiro atoms. The summed E-state index contributed by atoms with van der Waals surface area (Å²) in [6.07, 6.45) is 0. The lowest BCUT2D eigenvalue weighted by atomic mass is 10.1. The van der Waals surface area contributed by atoms with Gasteiger partial charge in [-0.2, -0.15) is 0 Å². The number of fused-ring (bicyclic) bond motifs is 1. The van der Waals surface area contributed by atoms with E-state index in [4.69, 9.17) is 9.72 Å². The van der Waals surface area contributed by atoms with E-state index in [1.54, 1.807) is 11.3 Å². The molecule has 27 heavy (non-hydrogen) atoms. The summed E-state index contributed by atoms with van der Waals surface area (Å²) in [6.45, 7) is 7.34. The highest BCUT2D eigenvalue weighted by Gasteiger charge is 2.23. The highest BCUT2D eigenvalue weighted by atomic mass is 32.1. The molecule has 1 aromatic heterocycles. The molecular formula is C21H23N3O2S. The van der Waals surface area contributed by atoms with Crippen LogP contribution in [0.15, 0.2) is 42.5 Å². The van der Waals surface area contributed by atoms with Crippen LogP contribution in [0.25, 0.3) is 10.2 Å². The lowest BCUT2D eigenvalue weighted by molar-refractivity contribution is -0.133. The van der Waals surface area contributed by atoms with Gasteiger partial charge in [-0.05, 0) is 49.2 Å². The molecule has 2 heterocycles. The molecule has 0 bridgehead atoms. The summed E-state index contributed by atoms with van der Waals surface area (Å²) in [5, 5.41) is 1.04. The SMILES string of the molecule is Cc1cc2nc(N3CCN(C(=O)COc4ccccc4)CC3)sc2cc1C. The highest BCUT2D eigenvalue weighted by Crippen LogP contribution is 2.31.